The molecule has 5 nitrogen and oxygen atoms in total. The zero-order chi connectivity index (χ0) is 21.6. The van der Waals surface area contributed by atoms with Crippen molar-refractivity contribution in [3.05, 3.63) is 55.5 Å². The van der Waals surface area contributed by atoms with Crippen molar-refractivity contribution in [1.82, 2.24) is 4.90 Å². The van der Waals surface area contributed by atoms with Gasteiger partial charge in [0.15, 0.2) is 6.29 Å². The molecule has 0 radical (unpaired) electrons. The molecule has 0 atom stereocenters. The Morgan fingerprint density at radius 1 is 0.897 bits per heavy atom. The standard InChI is InChI=1S/C13H17Cl2NO2.C7H4Cl2O2/c14-11-5-10(13(18)6-12(11)15)7-16-3-1-9(8-17)2-4-16;8-5-1-4(3-10)7(11)2-6(5)9/h5-6,9,17-18H,1-4,7-8H2;1-3,11H. The molecule has 1 aliphatic rings. The molecular formula is C20H21Cl4NO4. The van der Waals surface area contributed by atoms with Gasteiger partial charge in [0.2, 0.25) is 0 Å². The number of hydrogen-bond acceptors (Lipinski definition) is 5. The van der Waals surface area contributed by atoms with Crippen LogP contribution < -0.4 is 0 Å². The predicted octanol–water partition coefficient (Wildman–Crippen LogP) is 5.41. The number of phenols is 2. The minimum atomic E-state index is -0.158. The van der Waals surface area contributed by atoms with Gasteiger partial charge in [-0.2, -0.15) is 0 Å². The summed E-state index contributed by atoms with van der Waals surface area (Å²) in [5, 5.41) is 29.3. The second-order valence-corrected chi connectivity index (χ2v) is 8.37. The van der Waals surface area contributed by atoms with Crippen molar-refractivity contribution in [3.63, 3.8) is 0 Å². The van der Waals surface area contributed by atoms with E-state index in [4.69, 9.17) is 56.6 Å². The number of aromatic hydroxyl groups is 2. The number of aldehydes is 1. The van der Waals surface area contributed by atoms with E-state index >= 15 is 0 Å². The zero-order valence-electron chi connectivity index (χ0n) is 15.4. The number of aliphatic hydroxyl groups excluding tert-OH is 1. The first-order chi connectivity index (χ1) is 13.7. The van der Waals surface area contributed by atoms with Crippen molar-refractivity contribution in [1.29, 1.82) is 0 Å². The lowest BCUT2D eigenvalue weighted by Crippen LogP contribution is -2.34. The fourth-order valence-electron chi connectivity index (χ4n) is 2.92. The highest BCUT2D eigenvalue weighted by atomic mass is 35.5. The molecule has 0 aromatic heterocycles. The second kappa shape index (κ2) is 11.3. The van der Waals surface area contributed by atoms with Gasteiger partial charge in [-0.3, -0.25) is 9.69 Å². The molecule has 1 fully saturated rings. The number of carbonyl (C=O) groups excluding carboxylic acids is 1. The Morgan fingerprint density at radius 2 is 1.41 bits per heavy atom. The van der Waals surface area contributed by atoms with Crippen LogP contribution in [-0.2, 0) is 6.54 Å². The second-order valence-electron chi connectivity index (χ2n) is 6.74. The van der Waals surface area contributed by atoms with Crippen molar-refractivity contribution in [3.8, 4) is 11.5 Å². The van der Waals surface area contributed by atoms with E-state index in [1.165, 1.54) is 18.2 Å². The van der Waals surface area contributed by atoms with E-state index < -0.39 is 0 Å². The molecule has 0 unspecified atom stereocenters. The lowest BCUT2D eigenvalue weighted by molar-refractivity contribution is 0.112. The Hall–Kier alpha value is -1.21. The average molecular weight is 481 g/mol. The maximum Gasteiger partial charge on any atom is 0.153 e. The summed E-state index contributed by atoms with van der Waals surface area (Å²) < 4.78 is 0. The van der Waals surface area contributed by atoms with Crippen LogP contribution in [-0.4, -0.2) is 46.2 Å². The van der Waals surface area contributed by atoms with Crippen molar-refractivity contribution in [2.24, 2.45) is 5.92 Å². The van der Waals surface area contributed by atoms with Crippen LogP contribution in [0.15, 0.2) is 24.3 Å². The Morgan fingerprint density at radius 3 is 1.97 bits per heavy atom. The Kier molecular flexibility index (Phi) is 9.34. The number of phenolic OH excluding ortho intramolecular Hbond substituents is 2. The van der Waals surface area contributed by atoms with E-state index in [2.05, 4.69) is 4.90 Å². The molecule has 1 heterocycles. The van der Waals surface area contributed by atoms with Gasteiger partial charge in [-0.15, -0.1) is 0 Å². The Bertz CT molecular complexity index is 855. The number of halogens is 4. The first-order valence-corrected chi connectivity index (χ1v) is 10.4. The summed E-state index contributed by atoms with van der Waals surface area (Å²) in [6.07, 6.45) is 2.51. The number of aliphatic hydroxyl groups is 1. The van der Waals surface area contributed by atoms with Crippen molar-refractivity contribution in [2.75, 3.05) is 19.7 Å². The molecule has 3 N–H and O–H groups in total. The van der Waals surface area contributed by atoms with Crippen LogP contribution in [0, 0.1) is 5.92 Å². The molecule has 2 aromatic carbocycles. The highest BCUT2D eigenvalue weighted by Crippen LogP contribution is 2.31. The number of likely N-dealkylation sites (tertiary alicyclic amines) is 1. The quantitative estimate of drug-likeness (QED) is 0.509. The van der Waals surface area contributed by atoms with Crippen LogP contribution in [0.25, 0.3) is 0 Å². The smallest absolute Gasteiger partial charge is 0.153 e. The fourth-order valence-corrected chi connectivity index (χ4v) is 3.59. The molecule has 0 amide bonds. The van der Waals surface area contributed by atoms with Gasteiger partial charge in [0.1, 0.15) is 11.5 Å². The molecule has 0 spiro atoms. The lowest BCUT2D eigenvalue weighted by Gasteiger charge is -2.31. The van der Waals surface area contributed by atoms with E-state index in [0.29, 0.717) is 28.8 Å². The van der Waals surface area contributed by atoms with Gasteiger partial charge in [0.25, 0.3) is 0 Å². The van der Waals surface area contributed by atoms with E-state index in [1.54, 1.807) is 6.07 Å². The number of hydrogen-bond donors (Lipinski definition) is 3. The third-order valence-corrected chi connectivity index (χ3v) is 6.12. The minimum Gasteiger partial charge on any atom is -0.508 e. The SMILES string of the molecule is O=Cc1cc(Cl)c(Cl)cc1O.OCC1CCN(Cc2cc(Cl)c(Cl)cc2O)CC1. The van der Waals surface area contributed by atoms with E-state index in [1.807, 2.05) is 0 Å². The number of benzene rings is 2. The molecule has 3 rings (SSSR count). The van der Waals surface area contributed by atoms with Gasteiger partial charge in [-0.05, 0) is 44.0 Å². The largest absolute Gasteiger partial charge is 0.508 e. The summed E-state index contributed by atoms with van der Waals surface area (Å²) in [6.45, 7) is 2.81. The Labute approximate surface area is 189 Å². The number of rotatable bonds is 4. The van der Waals surface area contributed by atoms with E-state index in [-0.39, 0.29) is 33.7 Å². The molecule has 0 bridgehead atoms. The molecule has 0 aliphatic carbocycles. The number of nitrogens with zero attached hydrogens (tertiary/aromatic N) is 1. The van der Waals surface area contributed by atoms with Gasteiger partial charge in [0.05, 0.1) is 25.7 Å². The predicted molar refractivity (Wildman–Crippen MR) is 117 cm³/mol. The summed E-state index contributed by atoms with van der Waals surface area (Å²) in [5.41, 5.74) is 0.936. The summed E-state index contributed by atoms with van der Waals surface area (Å²) in [4.78, 5) is 12.5. The van der Waals surface area contributed by atoms with Crippen molar-refractivity contribution in [2.45, 2.75) is 19.4 Å². The number of piperidine rings is 1. The highest BCUT2D eigenvalue weighted by Gasteiger charge is 2.19. The molecule has 158 valence electrons. The van der Waals surface area contributed by atoms with Crippen LogP contribution in [0.2, 0.25) is 20.1 Å². The van der Waals surface area contributed by atoms with E-state index in [0.717, 1.165) is 31.5 Å². The molecule has 1 aliphatic heterocycles. The summed E-state index contributed by atoms with van der Waals surface area (Å²) in [6, 6.07) is 5.75. The zero-order valence-corrected chi connectivity index (χ0v) is 18.4. The van der Waals surface area contributed by atoms with Crippen LogP contribution in [0.1, 0.15) is 28.8 Å². The molecule has 2 aromatic rings. The molecule has 1 saturated heterocycles. The van der Waals surface area contributed by atoms with Gasteiger partial charge in [-0.1, -0.05) is 46.4 Å². The maximum atomic E-state index is 10.2. The third-order valence-electron chi connectivity index (χ3n) is 4.68. The first-order valence-electron chi connectivity index (χ1n) is 8.88. The molecule has 0 saturated carbocycles. The van der Waals surface area contributed by atoms with Crippen LogP contribution >= 0.6 is 46.4 Å². The summed E-state index contributed by atoms with van der Waals surface area (Å²) in [7, 11) is 0. The topological polar surface area (TPSA) is 81.0 Å². The first kappa shape index (κ1) is 24.1. The monoisotopic (exact) mass is 479 g/mol. The van der Waals surface area contributed by atoms with Crippen LogP contribution in [0.4, 0.5) is 0 Å². The van der Waals surface area contributed by atoms with Crippen LogP contribution in [0.3, 0.4) is 0 Å². The maximum absolute atomic E-state index is 10.2. The molecule has 9 heteroatoms. The van der Waals surface area contributed by atoms with Gasteiger partial charge in [0, 0.05) is 30.8 Å². The number of carbonyl (C=O) groups is 1. The summed E-state index contributed by atoms with van der Waals surface area (Å²) >= 11 is 22.9. The van der Waals surface area contributed by atoms with Crippen LogP contribution in [0.5, 0.6) is 11.5 Å². The molecular weight excluding hydrogens is 460 g/mol. The highest BCUT2D eigenvalue weighted by molar-refractivity contribution is 6.42. The van der Waals surface area contributed by atoms with Gasteiger partial charge >= 0.3 is 0 Å². The van der Waals surface area contributed by atoms with Gasteiger partial charge < -0.3 is 15.3 Å². The fraction of sp³-hybridized carbons (Fsp3) is 0.350. The normalized spacial score (nSPS) is 14.9. The van der Waals surface area contributed by atoms with E-state index in [9.17, 15) is 9.90 Å². The van der Waals surface area contributed by atoms with Gasteiger partial charge in [-0.25, -0.2) is 0 Å². The minimum absolute atomic E-state index is 0.138. The van der Waals surface area contributed by atoms with Crippen molar-refractivity contribution >= 4 is 52.7 Å². The third kappa shape index (κ3) is 6.92. The lowest BCUT2D eigenvalue weighted by atomic mass is 9.97. The summed E-state index contributed by atoms with van der Waals surface area (Å²) in [5.74, 6) is 0.451. The molecule has 29 heavy (non-hydrogen) atoms. The Balaban J connectivity index is 0.000000234. The van der Waals surface area contributed by atoms with Crippen molar-refractivity contribution < 1.29 is 20.1 Å². The average Bonchev–Trinajstić information content (AvgIpc) is 2.70.